The molecule has 0 amide bonds. The van der Waals surface area contributed by atoms with Gasteiger partial charge in [0, 0.05) is 12.1 Å². The summed E-state index contributed by atoms with van der Waals surface area (Å²) in [6, 6.07) is 6.86. The largest absolute Gasteiger partial charge is 0.497 e. The molecule has 0 bridgehead atoms. The van der Waals surface area contributed by atoms with Crippen molar-refractivity contribution in [3.8, 4) is 5.75 Å². The van der Waals surface area contributed by atoms with Crippen LogP contribution in [0.4, 0.5) is 5.69 Å². The Morgan fingerprint density at radius 2 is 1.63 bits per heavy atom. The van der Waals surface area contributed by atoms with Crippen molar-refractivity contribution in [2.75, 3.05) is 33.0 Å². The average molecular weight is 505 g/mol. The molecule has 0 saturated carbocycles. The zero-order chi connectivity index (χ0) is 26.0. The van der Waals surface area contributed by atoms with E-state index in [9.17, 15) is 18.0 Å². The standard InChI is InChI=1S/C25H32N2O7S/c1-25(2,3)34-24(29)21-19(15-27-12-6-7-13-27)22(26)18(23(28)33-5)14-20(21)35(30,31)17-10-8-16(32-4)9-11-17/h8-11,14H,6-7,12-13,15,26H2,1-5H3. The van der Waals surface area contributed by atoms with Gasteiger partial charge in [-0.2, -0.15) is 0 Å². The lowest BCUT2D eigenvalue weighted by atomic mass is 9.99. The summed E-state index contributed by atoms with van der Waals surface area (Å²) in [5.74, 6) is -1.16. The number of esters is 2. The van der Waals surface area contributed by atoms with E-state index in [1.807, 2.05) is 0 Å². The Morgan fingerprint density at radius 3 is 2.14 bits per heavy atom. The van der Waals surface area contributed by atoms with Crippen LogP contribution in [0.25, 0.3) is 0 Å². The summed E-state index contributed by atoms with van der Waals surface area (Å²) in [5.41, 5.74) is 5.43. The summed E-state index contributed by atoms with van der Waals surface area (Å²) in [5, 5.41) is 0. The lowest BCUT2D eigenvalue weighted by Gasteiger charge is -2.25. The van der Waals surface area contributed by atoms with Gasteiger partial charge in [0.15, 0.2) is 0 Å². The molecule has 0 atom stereocenters. The van der Waals surface area contributed by atoms with Crippen LogP contribution in [-0.4, -0.2) is 58.2 Å². The van der Waals surface area contributed by atoms with E-state index >= 15 is 0 Å². The van der Waals surface area contributed by atoms with Crippen molar-refractivity contribution in [1.82, 2.24) is 4.90 Å². The third kappa shape index (κ3) is 5.76. The highest BCUT2D eigenvalue weighted by atomic mass is 32.2. The van der Waals surface area contributed by atoms with Crippen molar-refractivity contribution in [2.24, 2.45) is 0 Å². The van der Waals surface area contributed by atoms with Crippen LogP contribution < -0.4 is 10.5 Å². The summed E-state index contributed by atoms with van der Waals surface area (Å²) >= 11 is 0. The number of ether oxygens (including phenoxy) is 3. The lowest BCUT2D eigenvalue weighted by Crippen LogP contribution is -2.29. The predicted molar refractivity (Wildman–Crippen MR) is 130 cm³/mol. The number of nitrogens with zero attached hydrogens (tertiary/aromatic N) is 1. The maximum Gasteiger partial charge on any atom is 0.340 e. The molecule has 10 heteroatoms. The number of anilines is 1. The third-order valence-corrected chi connectivity index (χ3v) is 7.48. The molecule has 2 aromatic rings. The first kappa shape index (κ1) is 26.5. The van der Waals surface area contributed by atoms with Crippen molar-refractivity contribution in [1.29, 1.82) is 0 Å². The van der Waals surface area contributed by atoms with Crippen LogP contribution >= 0.6 is 0 Å². The molecule has 1 heterocycles. The Morgan fingerprint density at radius 1 is 1.03 bits per heavy atom. The van der Waals surface area contributed by atoms with Crippen molar-refractivity contribution < 1.29 is 32.2 Å². The zero-order valence-corrected chi connectivity index (χ0v) is 21.5. The first-order valence-corrected chi connectivity index (χ1v) is 12.8. The highest BCUT2D eigenvalue weighted by molar-refractivity contribution is 7.91. The van der Waals surface area contributed by atoms with Crippen molar-refractivity contribution >= 4 is 27.5 Å². The van der Waals surface area contributed by atoms with Gasteiger partial charge in [-0.3, -0.25) is 4.90 Å². The highest BCUT2D eigenvalue weighted by Crippen LogP contribution is 2.36. The van der Waals surface area contributed by atoms with Gasteiger partial charge < -0.3 is 19.9 Å². The number of hydrogen-bond donors (Lipinski definition) is 1. The fourth-order valence-electron chi connectivity index (χ4n) is 3.98. The van der Waals surface area contributed by atoms with E-state index in [1.165, 1.54) is 38.5 Å². The summed E-state index contributed by atoms with van der Waals surface area (Å²) in [6.07, 6.45) is 1.94. The quantitative estimate of drug-likeness (QED) is 0.446. The van der Waals surface area contributed by atoms with E-state index < -0.39 is 27.4 Å². The number of sulfone groups is 1. The summed E-state index contributed by atoms with van der Waals surface area (Å²) in [6.45, 7) is 6.78. The van der Waals surface area contributed by atoms with Crippen molar-refractivity contribution in [3.05, 3.63) is 47.0 Å². The van der Waals surface area contributed by atoms with E-state index in [-0.39, 0.29) is 38.7 Å². The SMILES string of the molecule is COC(=O)c1cc(S(=O)(=O)c2ccc(OC)cc2)c(C(=O)OC(C)(C)C)c(CN2CCCC2)c1N. The predicted octanol–water partition coefficient (Wildman–Crippen LogP) is 3.45. The number of methoxy groups -OCH3 is 2. The minimum absolute atomic E-state index is 0.00158. The molecule has 2 aromatic carbocycles. The Kier molecular flexibility index (Phi) is 7.76. The molecular weight excluding hydrogens is 472 g/mol. The van der Waals surface area contributed by atoms with Gasteiger partial charge in [0.05, 0.1) is 40.8 Å². The molecule has 0 radical (unpaired) electrons. The maximum absolute atomic E-state index is 13.8. The van der Waals surface area contributed by atoms with Gasteiger partial charge in [0.2, 0.25) is 9.84 Å². The average Bonchev–Trinajstić information content (AvgIpc) is 3.31. The van der Waals surface area contributed by atoms with Gasteiger partial charge in [-0.15, -0.1) is 0 Å². The van der Waals surface area contributed by atoms with Crippen LogP contribution in [0.2, 0.25) is 0 Å². The molecule has 0 aromatic heterocycles. The van der Waals surface area contributed by atoms with E-state index in [0.717, 1.165) is 32.0 Å². The van der Waals surface area contributed by atoms with Crippen molar-refractivity contribution in [2.45, 2.75) is 55.5 Å². The maximum atomic E-state index is 13.8. The minimum Gasteiger partial charge on any atom is -0.497 e. The summed E-state index contributed by atoms with van der Waals surface area (Å²) in [4.78, 5) is 27.7. The summed E-state index contributed by atoms with van der Waals surface area (Å²) < 4.78 is 43.3. The highest BCUT2D eigenvalue weighted by Gasteiger charge is 2.35. The molecule has 0 unspecified atom stereocenters. The Hall–Kier alpha value is -3.11. The van der Waals surface area contributed by atoms with Gasteiger partial charge in [-0.25, -0.2) is 18.0 Å². The van der Waals surface area contributed by atoms with Gasteiger partial charge in [0.25, 0.3) is 0 Å². The number of benzene rings is 2. The van der Waals surface area contributed by atoms with Gasteiger partial charge >= 0.3 is 11.9 Å². The second-order valence-corrected chi connectivity index (χ2v) is 11.3. The monoisotopic (exact) mass is 504 g/mol. The van der Waals surface area contributed by atoms with Crippen molar-refractivity contribution in [3.63, 3.8) is 0 Å². The number of carbonyl (C=O) groups is 2. The van der Waals surface area contributed by atoms with Gasteiger partial charge in [-0.05, 0) is 77.0 Å². The normalized spacial score (nSPS) is 14.5. The number of likely N-dealkylation sites (tertiary alicyclic amines) is 1. The number of rotatable bonds is 7. The fraction of sp³-hybridized carbons (Fsp3) is 0.440. The molecule has 1 aliphatic rings. The molecule has 0 spiro atoms. The Labute approximate surface area is 206 Å². The van der Waals surface area contributed by atoms with Crippen LogP contribution in [0.5, 0.6) is 5.75 Å². The zero-order valence-electron chi connectivity index (χ0n) is 20.7. The molecule has 3 rings (SSSR count). The molecule has 190 valence electrons. The number of nitrogen functional groups attached to an aromatic ring is 1. The lowest BCUT2D eigenvalue weighted by molar-refractivity contribution is 0.00626. The number of hydrogen-bond acceptors (Lipinski definition) is 9. The number of nitrogens with two attached hydrogens (primary N) is 1. The molecule has 1 fully saturated rings. The second-order valence-electron chi connectivity index (χ2n) is 9.35. The minimum atomic E-state index is -4.27. The first-order chi connectivity index (χ1) is 16.4. The fourth-order valence-corrected chi connectivity index (χ4v) is 5.48. The molecule has 2 N–H and O–H groups in total. The molecule has 0 aliphatic carbocycles. The molecule has 9 nitrogen and oxygen atoms in total. The Balaban J connectivity index is 2.33. The molecule has 1 saturated heterocycles. The van der Waals surface area contributed by atoms with Crippen LogP contribution in [0.1, 0.15) is 59.9 Å². The first-order valence-electron chi connectivity index (χ1n) is 11.3. The van der Waals surface area contributed by atoms with E-state index in [4.69, 9.17) is 19.9 Å². The van der Waals surface area contributed by atoms with Crippen LogP contribution in [0, 0.1) is 0 Å². The van der Waals surface area contributed by atoms with E-state index in [2.05, 4.69) is 4.90 Å². The molecule has 1 aliphatic heterocycles. The third-order valence-electron chi connectivity index (χ3n) is 5.69. The second kappa shape index (κ2) is 10.2. The van der Waals surface area contributed by atoms with Gasteiger partial charge in [0.1, 0.15) is 11.4 Å². The molecule has 35 heavy (non-hydrogen) atoms. The molecular formula is C25H32N2O7S. The van der Waals surface area contributed by atoms with E-state index in [0.29, 0.717) is 5.75 Å². The van der Waals surface area contributed by atoms with Crippen LogP contribution in [0.3, 0.4) is 0 Å². The number of carbonyl (C=O) groups excluding carboxylic acids is 2. The Bertz CT molecular complexity index is 1210. The summed E-state index contributed by atoms with van der Waals surface area (Å²) in [7, 11) is -1.62. The smallest absolute Gasteiger partial charge is 0.340 e. The van der Waals surface area contributed by atoms with Gasteiger partial charge in [-0.1, -0.05) is 0 Å². The van der Waals surface area contributed by atoms with Crippen LogP contribution in [0.15, 0.2) is 40.1 Å². The topological polar surface area (TPSA) is 125 Å². The van der Waals surface area contributed by atoms with E-state index in [1.54, 1.807) is 20.8 Å². The van der Waals surface area contributed by atoms with Crippen LogP contribution in [-0.2, 0) is 25.9 Å².